The van der Waals surface area contributed by atoms with Crippen LogP contribution in [-0.4, -0.2) is 6.04 Å². The molecular formula is C20H23N. The molecule has 0 amide bonds. The highest BCUT2D eigenvalue weighted by Gasteiger charge is 2.52. The number of rotatable bonds is 1. The first-order valence-corrected chi connectivity index (χ1v) is 8.13. The third-order valence-corrected chi connectivity index (χ3v) is 6.02. The summed E-state index contributed by atoms with van der Waals surface area (Å²) >= 11 is 0. The molecule has 1 fully saturated rings. The van der Waals surface area contributed by atoms with E-state index in [1.54, 1.807) is 5.56 Å². The Balaban J connectivity index is 1.90. The number of anilines is 2. The number of hydrogen-bond acceptors (Lipinski definition) is 1. The summed E-state index contributed by atoms with van der Waals surface area (Å²) in [6.45, 7) is 7.31. The molecule has 1 heterocycles. The summed E-state index contributed by atoms with van der Waals surface area (Å²) in [6.07, 6.45) is 0. The van der Waals surface area contributed by atoms with Crippen molar-refractivity contribution >= 4 is 11.4 Å². The number of hydrogen-bond donors (Lipinski definition) is 0. The summed E-state index contributed by atoms with van der Waals surface area (Å²) in [6, 6.07) is 20.5. The number of fused-ring (bicyclic) bond motifs is 3. The average molecular weight is 277 g/mol. The van der Waals surface area contributed by atoms with E-state index in [-0.39, 0.29) is 0 Å². The van der Waals surface area contributed by atoms with E-state index < -0.39 is 0 Å². The van der Waals surface area contributed by atoms with Crippen molar-refractivity contribution < 1.29 is 0 Å². The van der Waals surface area contributed by atoms with E-state index in [1.807, 2.05) is 0 Å². The van der Waals surface area contributed by atoms with E-state index in [0.29, 0.717) is 12.0 Å². The van der Waals surface area contributed by atoms with Gasteiger partial charge in [0.25, 0.3) is 0 Å². The Morgan fingerprint density at radius 3 is 2.14 bits per heavy atom. The van der Waals surface area contributed by atoms with Gasteiger partial charge in [-0.3, -0.25) is 0 Å². The van der Waals surface area contributed by atoms with Crippen molar-refractivity contribution in [2.45, 2.75) is 32.7 Å². The third kappa shape index (κ3) is 1.70. The van der Waals surface area contributed by atoms with Crippen molar-refractivity contribution in [1.29, 1.82) is 0 Å². The molecule has 1 saturated carbocycles. The van der Waals surface area contributed by atoms with Gasteiger partial charge in [0.05, 0.1) is 0 Å². The van der Waals surface area contributed by atoms with Crippen LogP contribution in [0, 0.1) is 17.8 Å². The predicted octanol–water partition coefficient (Wildman–Crippen LogP) is 5.21. The van der Waals surface area contributed by atoms with Crippen LogP contribution in [0.2, 0.25) is 0 Å². The normalized spacial score (nSPS) is 33.9. The zero-order valence-electron chi connectivity index (χ0n) is 13.0. The Kier molecular flexibility index (Phi) is 2.85. The number of para-hydroxylation sites is 2. The first-order valence-electron chi connectivity index (χ1n) is 8.13. The minimum Gasteiger partial charge on any atom is -0.337 e. The molecule has 21 heavy (non-hydrogen) atoms. The van der Waals surface area contributed by atoms with E-state index in [4.69, 9.17) is 0 Å². The van der Waals surface area contributed by atoms with Crippen molar-refractivity contribution in [3.63, 3.8) is 0 Å². The van der Waals surface area contributed by atoms with Gasteiger partial charge in [-0.05, 0) is 41.5 Å². The van der Waals surface area contributed by atoms with Crippen LogP contribution < -0.4 is 4.90 Å². The summed E-state index contributed by atoms with van der Waals surface area (Å²) in [5, 5.41) is 0. The summed E-state index contributed by atoms with van der Waals surface area (Å²) in [5.41, 5.74) is 4.31. The molecule has 0 saturated heterocycles. The van der Waals surface area contributed by atoms with Crippen molar-refractivity contribution in [1.82, 2.24) is 0 Å². The molecule has 5 unspecified atom stereocenters. The smallest absolute Gasteiger partial charge is 0.0449 e. The quantitative estimate of drug-likeness (QED) is 0.691. The van der Waals surface area contributed by atoms with Gasteiger partial charge in [-0.25, -0.2) is 0 Å². The Morgan fingerprint density at radius 1 is 0.714 bits per heavy atom. The maximum atomic E-state index is 2.60. The van der Waals surface area contributed by atoms with Gasteiger partial charge < -0.3 is 4.90 Å². The molecule has 108 valence electrons. The maximum absolute atomic E-state index is 2.60. The molecule has 4 rings (SSSR count). The van der Waals surface area contributed by atoms with E-state index in [0.717, 1.165) is 17.8 Å². The Labute approximate surface area is 127 Å². The molecule has 0 bridgehead atoms. The van der Waals surface area contributed by atoms with Gasteiger partial charge in [0, 0.05) is 23.3 Å². The predicted molar refractivity (Wildman–Crippen MR) is 89.0 cm³/mol. The van der Waals surface area contributed by atoms with Gasteiger partial charge in [-0.15, -0.1) is 0 Å². The fraction of sp³-hybridized carbons (Fsp3) is 0.400. The standard InChI is InChI=1S/C20H23N/c1-13-14(2)19-17-11-7-8-12-18(17)21(20(19)15(13)3)16-9-5-4-6-10-16/h4-15,19-20H,1-3H3. The van der Waals surface area contributed by atoms with Crippen LogP contribution in [0.4, 0.5) is 11.4 Å². The highest BCUT2D eigenvalue weighted by molar-refractivity contribution is 5.73. The molecule has 0 aromatic heterocycles. The van der Waals surface area contributed by atoms with Gasteiger partial charge in [-0.1, -0.05) is 57.2 Å². The van der Waals surface area contributed by atoms with Crippen LogP contribution in [0.1, 0.15) is 32.3 Å². The zero-order chi connectivity index (χ0) is 14.6. The molecule has 1 aliphatic heterocycles. The molecule has 5 atom stereocenters. The second-order valence-electron chi connectivity index (χ2n) is 6.86. The molecule has 1 nitrogen and oxygen atoms in total. The highest BCUT2D eigenvalue weighted by atomic mass is 15.2. The molecular weight excluding hydrogens is 254 g/mol. The lowest BCUT2D eigenvalue weighted by atomic mass is 9.87. The van der Waals surface area contributed by atoms with E-state index in [2.05, 4.69) is 80.3 Å². The number of nitrogens with zero attached hydrogens (tertiary/aromatic N) is 1. The summed E-state index contributed by atoms with van der Waals surface area (Å²) in [4.78, 5) is 2.60. The minimum absolute atomic E-state index is 0.606. The molecule has 0 radical (unpaired) electrons. The van der Waals surface area contributed by atoms with Gasteiger partial charge in [0.15, 0.2) is 0 Å². The number of benzene rings is 2. The minimum atomic E-state index is 0.606. The second-order valence-corrected chi connectivity index (χ2v) is 6.86. The lowest BCUT2D eigenvalue weighted by Gasteiger charge is -2.31. The highest BCUT2D eigenvalue weighted by Crippen LogP contribution is 2.58. The lowest BCUT2D eigenvalue weighted by Crippen LogP contribution is -2.32. The van der Waals surface area contributed by atoms with Crippen LogP contribution in [0.15, 0.2) is 54.6 Å². The zero-order valence-corrected chi connectivity index (χ0v) is 13.0. The molecule has 2 aromatic rings. The maximum Gasteiger partial charge on any atom is 0.0449 e. The van der Waals surface area contributed by atoms with Crippen LogP contribution in [0.3, 0.4) is 0 Å². The Hall–Kier alpha value is -1.76. The molecule has 0 spiro atoms. The molecule has 2 aromatic carbocycles. The van der Waals surface area contributed by atoms with Crippen LogP contribution in [0.25, 0.3) is 0 Å². The fourth-order valence-corrected chi connectivity index (χ4v) is 4.67. The van der Waals surface area contributed by atoms with E-state index in [9.17, 15) is 0 Å². The summed E-state index contributed by atoms with van der Waals surface area (Å²) in [7, 11) is 0. The van der Waals surface area contributed by atoms with Crippen molar-refractivity contribution in [3.8, 4) is 0 Å². The molecule has 1 heteroatoms. The van der Waals surface area contributed by atoms with E-state index >= 15 is 0 Å². The largest absolute Gasteiger partial charge is 0.337 e. The first kappa shape index (κ1) is 12.9. The molecule has 1 aliphatic carbocycles. The summed E-state index contributed by atoms with van der Waals surface area (Å²) in [5.74, 6) is 2.92. The van der Waals surface area contributed by atoms with Crippen LogP contribution in [-0.2, 0) is 0 Å². The van der Waals surface area contributed by atoms with Crippen molar-refractivity contribution in [2.24, 2.45) is 17.8 Å². The van der Waals surface area contributed by atoms with Gasteiger partial charge in [0.1, 0.15) is 0 Å². The van der Waals surface area contributed by atoms with Crippen molar-refractivity contribution in [2.75, 3.05) is 4.90 Å². The average Bonchev–Trinajstić information content (AvgIpc) is 2.98. The first-order chi connectivity index (χ1) is 10.2. The molecule has 0 N–H and O–H groups in total. The van der Waals surface area contributed by atoms with Crippen LogP contribution >= 0.6 is 0 Å². The Morgan fingerprint density at radius 2 is 1.38 bits per heavy atom. The van der Waals surface area contributed by atoms with Gasteiger partial charge in [-0.2, -0.15) is 0 Å². The molecule has 2 aliphatic rings. The van der Waals surface area contributed by atoms with E-state index in [1.165, 1.54) is 11.4 Å². The topological polar surface area (TPSA) is 3.24 Å². The third-order valence-electron chi connectivity index (χ3n) is 6.02. The lowest BCUT2D eigenvalue weighted by molar-refractivity contribution is 0.362. The van der Waals surface area contributed by atoms with Gasteiger partial charge in [0.2, 0.25) is 0 Å². The van der Waals surface area contributed by atoms with Crippen molar-refractivity contribution in [3.05, 3.63) is 60.2 Å². The fourth-order valence-electron chi connectivity index (χ4n) is 4.67. The van der Waals surface area contributed by atoms with Gasteiger partial charge >= 0.3 is 0 Å². The second kappa shape index (κ2) is 4.62. The SMILES string of the molecule is CC1C(C)C2c3ccccc3N(c3ccccc3)C2C1C. The monoisotopic (exact) mass is 277 g/mol. The summed E-state index contributed by atoms with van der Waals surface area (Å²) < 4.78 is 0. The van der Waals surface area contributed by atoms with Crippen LogP contribution in [0.5, 0.6) is 0 Å². The Bertz CT molecular complexity index is 648.